The lowest BCUT2D eigenvalue weighted by atomic mass is 10.0. The number of nitro groups is 1. The van der Waals surface area contributed by atoms with E-state index < -0.39 is 4.92 Å². The number of nitrogens with zero attached hydrogens (tertiary/aromatic N) is 2. The average Bonchev–Trinajstić information content (AvgIpc) is 2.83. The second kappa shape index (κ2) is 12.5. The van der Waals surface area contributed by atoms with E-state index in [-0.39, 0.29) is 47.6 Å². The van der Waals surface area contributed by atoms with Crippen LogP contribution in [0.2, 0.25) is 0 Å². The Hall–Kier alpha value is -2.97. The number of piperidine rings is 1. The molecular formula is C25H33ClN4O4. The number of carbonyl (C=O) groups is 2. The Kier molecular flexibility index (Phi) is 10.0. The Bertz CT molecular complexity index is 1010. The summed E-state index contributed by atoms with van der Waals surface area (Å²) < 4.78 is 0. The Labute approximate surface area is 206 Å². The minimum Gasteiger partial charge on any atom is -1.00 e. The highest BCUT2D eigenvalue weighted by Crippen LogP contribution is 2.31. The van der Waals surface area contributed by atoms with Gasteiger partial charge in [-0.3, -0.25) is 19.7 Å². The van der Waals surface area contributed by atoms with Crippen LogP contribution in [0.25, 0.3) is 0 Å². The molecule has 0 aromatic heterocycles. The number of likely N-dealkylation sites (N-methyl/N-ethyl adjacent to an activating group) is 1. The van der Waals surface area contributed by atoms with Crippen molar-refractivity contribution in [1.82, 2.24) is 4.90 Å². The average molecular weight is 489 g/mol. The maximum absolute atomic E-state index is 13.1. The molecule has 1 unspecified atom stereocenters. The summed E-state index contributed by atoms with van der Waals surface area (Å²) in [7, 11) is 2.21. The monoisotopic (exact) mass is 488 g/mol. The van der Waals surface area contributed by atoms with Crippen molar-refractivity contribution < 1.29 is 31.8 Å². The molecule has 9 heteroatoms. The van der Waals surface area contributed by atoms with E-state index >= 15 is 0 Å². The number of carbonyl (C=O) groups excluding carboxylic acids is 2. The van der Waals surface area contributed by atoms with Crippen molar-refractivity contribution in [2.45, 2.75) is 45.6 Å². The van der Waals surface area contributed by atoms with Crippen molar-refractivity contribution in [2.75, 3.05) is 32.0 Å². The van der Waals surface area contributed by atoms with Gasteiger partial charge in [-0.2, -0.15) is 0 Å². The number of amides is 2. The van der Waals surface area contributed by atoms with Crippen molar-refractivity contribution in [3.8, 4) is 0 Å². The number of anilines is 1. The molecule has 1 fully saturated rings. The number of halogens is 1. The Morgan fingerprint density at radius 3 is 2.41 bits per heavy atom. The van der Waals surface area contributed by atoms with Crippen LogP contribution in [0.4, 0.5) is 11.4 Å². The summed E-state index contributed by atoms with van der Waals surface area (Å²) >= 11 is 0. The third-order valence-corrected chi connectivity index (χ3v) is 6.47. The molecular weight excluding hydrogens is 456 g/mol. The maximum atomic E-state index is 13.1. The van der Waals surface area contributed by atoms with Crippen LogP contribution in [-0.2, 0) is 11.2 Å². The van der Waals surface area contributed by atoms with E-state index in [1.807, 2.05) is 6.07 Å². The number of quaternary nitrogens is 1. The highest BCUT2D eigenvalue weighted by molar-refractivity contribution is 5.99. The van der Waals surface area contributed by atoms with Gasteiger partial charge in [0.25, 0.3) is 11.6 Å². The molecule has 2 aromatic carbocycles. The quantitative estimate of drug-likeness (QED) is 0.391. The fraction of sp³-hybridized carbons (Fsp3) is 0.440. The van der Waals surface area contributed by atoms with Gasteiger partial charge in [0, 0.05) is 50.4 Å². The van der Waals surface area contributed by atoms with Crippen LogP contribution in [0.3, 0.4) is 0 Å². The SMILES string of the molecule is CCC(=O)Nc1c(C)cc(C(=O)N2CCC([NH+](C)CCc3ccccc3)CC2)cc1[N+](=O)[O-].[Cl-]. The summed E-state index contributed by atoms with van der Waals surface area (Å²) in [5, 5.41) is 14.2. The topological polar surface area (TPSA) is 97.0 Å². The first-order valence-electron chi connectivity index (χ1n) is 11.5. The molecule has 0 spiro atoms. The van der Waals surface area contributed by atoms with E-state index in [4.69, 9.17) is 0 Å². The third kappa shape index (κ3) is 6.77. The molecule has 184 valence electrons. The number of hydrogen-bond donors (Lipinski definition) is 2. The third-order valence-electron chi connectivity index (χ3n) is 6.47. The lowest BCUT2D eigenvalue weighted by Crippen LogP contribution is -3.13. The summed E-state index contributed by atoms with van der Waals surface area (Å²) in [4.78, 5) is 39.2. The minimum atomic E-state index is -0.549. The molecule has 8 nitrogen and oxygen atoms in total. The molecule has 0 radical (unpaired) electrons. The number of aryl methyl sites for hydroxylation is 1. The zero-order chi connectivity index (χ0) is 24.0. The van der Waals surface area contributed by atoms with Gasteiger partial charge in [-0.25, -0.2) is 0 Å². The number of nitrogens with one attached hydrogen (secondary N) is 2. The molecule has 2 N–H and O–H groups in total. The smallest absolute Gasteiger partial charge is 0.293 e. The second-order valence-electron chi connectivity index (χ2n) is 8.74. The Morgan fingerprint density at radius 2 is 1.82 bits per heavy atom. The molecule has 3 rings (SSSR count). The summed E-state index contributed by atoms with van der Waals surface area (Å²) in [5.74, 6) is -0.504. The van der Waals surface area contributed by atoms with Crippen LogP contribution < -0.4 is 22.6 Å². The first-order valence-corrected chi connectivity index (χ1v) is 11.5. The van der Waals surface area contributed by atoms with Crippen LogP contribution in [-0.4, -0.2) is 54.4 Å². The predicted octanol–water partition coefficient (Wildman–Crippen LogP) is -0.382. The van der Waals surface area contributed by atoms with Gasteiger partial charge in [-0.15, -0.1) is 0 Å². The molecule has 34 heavy (non-hydrogen) atoms. The van der Waals surface area contributed by atoms with Crippen molar-refractivity contribution in [3.05, 3.63) is 69.3 Å². The molecule has 1 heterocycles. The maximum Gasteiger partial charge on any atom is 0.293 e. The van der Waals surface area contributed by atoms with Gasteiger partial charge in [0.15, 0.2) is 0 Å². The molecule has 1 aliphatic heterocycles. The van der Waals surface area contributed by atoms with Gasteiger partial charge >= 0.3 is 0 Å². The van der Waals surface area contributed by atoms with Gasteiger partial charge in [0.05, 0.1) is 24.6 Å². The number of nitro benzene ring substituents is 1. The fourth-order valence-electron chi connectivity index (χ4n) is 4.37. The number of rotatable bonds is 8. The van der Waals surface area contributed by atoms with Crippen LogP contribution in [0, 0.1) is 17.0 Å². The van der Waals surface area contributed by atoms with E-state index in [9.17, 15) is 19.7 Å². The predicted molar refractivity (Wildman–Crippen MR) is 128 cm³/mol. The number of likely N-dealkylation sites (tertiary alicyclic amines) is 1. The molecule has 1 saturated heterocycles. The lowest BCUT2D eigenvalue weighted by molar-refractivity contribution is -0.907. The van der Waals surface area contributed by atoms with E-state index in [1.54, 1.807) is 24.8 Å². The van der Waals surface area contributed by atoms with Gasteiger partial charge in [-0.05, 0) is 24.1 Å². The van der Waals surface area contributed by atoms with E-state index in [0.29, 0.717) is 24.7 Å². The standard InChI is InChI=1S/C25H32N4O4.ClH/c1-4-23(30)26-24-18(2)16-20(17-22(24)29(32)33)25(31)28-14-11-21(12-15-28)27(3)13-10-19-8-6-5-7-9-19;/h5-9,16-17,21H,4,10-15H2,1-3H3,(H,26,30);1H. The fourth-order valence-corrected chi connectivity index (χ4v) is 4.37. The zero-order valence-electron chi connectivity index (χ0n) is 20.0. The summed E-state index contributed by atoms with van der Waals surface area (Å²) in [6.45, 7) is 5.66. The normalized spacial score (nSPS) is 14.7. The van der Waals surface area contributed by atoms with Crippen molar-refractivity contribution >= 4 is 23.2 Å². The van der Waals surface area contributed by atoms with Crippen LogP contribution >= 0.6 is 0 Å². The second-order valence-corrected chi connectivity index (χ2v) is 8.74. The molecule has 2 aromatic rings. The molecule has 1 aliphatic rings. The Morgan fingerprint density at radius 1 is 1.18 bits per heavy atom. The number of hydrogen-bond acceptors (Lipinski definition) is 4. The summed E-state index contributed by atoms with van der Waals surface area (Å²) in [6, 6.07) is 13.8. The summed E-state index contributed by atoms with van der Waals surface area (Å²) in [5.41, 5.74) is 2.04. The molecule has 0 bridgehead atoms. The first-order chi connectivity index (χ1) is 15.8. The molecule has 0 saturated carbocycles. The van der Waals surface area contributed by atoms with Crippen molar-refractivity contribution in [2.24, 2.45) is 0 Å². The highest BCUT2D eigenvalue weighted by Gasteiger charge is 2.30. The van der Waals surface area contributed by atoms with Gasteiger partial charge in [-0.1, -0.05) is 37.3 Å². The van der Waals surface area contributed by atoms with Crippen molar-refractivity contribution in [1.29, 1.82) is 0 Å². The first kappa shape index (κ1) is 27.3. The van der Waals surface area contributed by atoms with Gasteiger partial charge in [0.1, 0.15) is 5.69 Å². The minimum absolute atomic E-state index is 0. The van der Waals surface area contributed by atoms with Crippen LogP contribution in [0.1, 0.15) is 47.7 Å². The van der Waals surface area contributed by atoms with Crippen LogP contribution in [0.15, 0.2) is 42.5 Å². The highest BCUT2D eigenvalue weighted by atomic mass is 35.5. The van der Waals surface area contributed by atoms with Gasteiger partial charge < -0.3 is 27.5 Å². The lowest BCUT2D eigenvalue weighted by Gasteiger charge is -2.34. The van der Waals surface area contributed by atoms with Gasteiger partial charge in [0.2, 0.25) is 5.91 Å². The molecule has 1 atom stereocenters. The molecule has 2 amide bonds. The van der Waals surface area contributed by atoms with Crippen LogP contribution in [0.5, 0.6) is 0 Å². The molecule has 0 aliphatic carbocycles. The Balaban J connectivity index is 0.00000408. The van der Waals surface area contributed by atoms with E-state index in [2.05, 4.69) is 36.6 Å². The largest absolute Gasteiger partial charge is 1.00 e. The van der Waals surface area contributed by atoms with Crippen molar-refractivity contribution in [3.63, 3.8) is 0 Å². The summed E-state index contributed by atoms with van der Waals surface area (Å²) in [6.07, 6.45) is 3.04. The number of benzene rings is 2. The van der Waals surface area contributed by atoms with E-state index in [1.165, 1.54) is 16.5 Å². The van der Waals surface area contributed by atoms with E-state index in [0.717, 1.165) is 25.8 Å². The zero-order valence-corrected chi connectivity index (χ0v) is 20.7.